The van der Waals surface area contributed by atoms with E-state index in [2.05, 4.69) is 4.98 Å². The van der Waals surface area contributed by atoms with Crippen molar-refractivity contribution in [1.29, 1.82) is 0 Å². The largest absolute Gasteiger partial charge is 0.381 e. The van der Waals surface area contributed by atoms with E-state index < -0.39 is 0 Å². The maximum atomic E-state index is 12.4. The van der Waals surface area contributed by atoms with Crippen LogP contribution in [-0.4, -0.2) is 48.1 Å². The molecule has 0 radical (unpaired) electrons. The van der Waals surface area contributed by atoms with Crippen LogP contribution in [0.4, 0.5) is 0 Å². The van der Waals surface area contributed by atoms with Gasteiger partial charge in [-0.3, -0.25) is 4.79 Å². The second-order valence-electron chi connectivity index (χ2n) is 4.54. The van der Waals surface area contributed by atoms with Gasteiger partial charge in [0.05, 0.1) is 17.3 Å². The molecule has 100 valence electrons. The lowest BCUT2D eigenvalue weighted by Gasteiger charge is -2.38. The molecule has 6 heteroatoms. The summed E-state index contributed by atoms with van der Waals surface area (Å²) in [6.45, 7) is 3.04. The normalized spacial score (nSPS) is 24.3. The lowest BCUT2D eigenvalue weighted by atomic mass is 9.99. The summed E-state index contributed by atoms with van der Waals surface area (Å²) in [6.07, 6.45) is 1.90. The van der Waals surface area contributed by atoms with Crippen LogP contribution in [0.25, 0.3) is 0 Å². The second-order valence-corrected chi connectivity index (χ2v) is 5.39. The number of thiazole rings is 1. The molecule has 0 bridgehead atoms. The topological polar surface area (TPSA) is 68.5 Å². The molecule has 2 N–H and O–H groups in total. The van der Waals surface area contributed by atoms with Gasteiger partial charge in [0.25, 0.3) is 5.91 Å². The minimum Gasteiger partial charge on any atom is -0.381 e. The van der Waals surface area contributed by atoms with Crippen molar-refractivity contribution in [3.8, 4) is 0 Å². The first-order chi connectivity index (χ1) is 8.67. The number of methoxy groups -OCH3 is 1. The molecule has 2 heterocycles. The van der Waals surface area contributed by atoms with Gasteiger partial charge in [0.2, 0.25) is 0 Å². The van der Waals surface area contributed by atoms with Gasteiger partial charge >= 0.3 is 0 Å². The third-order valence-corrected chi connectivity index (χ3v) is 4.39. The number of aromatic nitrogens is 1. The van der Waals surface area contributed by atoms with Gasteiger partial charge in [0.15, 0.2) is 0 Å². The maximum absolute atomic E-state index is 12.4. The van der Waals surface area contributed by atoms with Crippen molar-refractivity contribution in [3.63, 3.8) is 0 Å². The average molecular weight is 269 g/mol. The number of nitrogens with zero attached hydrogens (tertiary/aromatic N) is 2. The number of nitrogens with two attached hydrogens (primary N) is 1. The summed E-state index contributed by atoms with van der Waals surface area (Å²) in [6, 6.07) is 0.0673. The van der Waals surface area contributed by atoms with Gasteiger partial charge in [-0.1, -0.05) is 0 Å². The van der Waals surface area contributed by atoms with Crippen molar-refractivity contribution >= 4 is 17.2 Å². The van der Waals surface area contributed by atoms with Gasteiger partial charge in [-0.25, -0.2) is 4.98 Å². The summed E-state index contributed by atoms with van der Waals surface area (Å²) in [5, 5.41) is 0. The summed E-state index contributed by atoms with van der Waals surface area (Å²) < 4.78 is 5.36. The molecule has 0 aliphatic carbocycles. The maximum Gasteiger partial charge on any atom is 0.266 e. The molecule has 2 atom stereocenters. The molecular formula is C12H19N3O2S. The van der Waals surface area contributed by atoms with E-state index in [1.807, 2.05) is 11.8 Å². The Morgan fingerprint density at radius 2 is 2.50 bits per heavy atom. The highest BCUT2D eigenvalue weighted by atomic mass is 32.1. The average Bonchev–Trinajstić information content (AvgIpc) is 2.83. The van der Waals surface area contributed by atoms with E-state index in [9.17, 15) is 4.79 Å². The lowest BCUT2D eigenvalue weighted by Crippen LogP contribution is -2.51. The molecule has 1 aromatic rings. The minimum absolute atomic E-state index is 0.0556. The van der Waals surface area contributed by atoms with E-state index in [1.165, 1.54) is 11.3 Å². The van der Waals surface area contributed by atoms with Gasteiger partial charge in [-0.05, 0) is 19.8 Å². The Hall–Kier alpha value is -0.980. The number of ether oxygens (including phenoxy) is 1. The van der Waals surface area contributed by atoms with E-state index >= 15 is 0 Å². The molecule has 0 saturated carbocycles. The number of rotatable bonds is 3. The number of piperidine rings is 1. The van der Waals surface area contributed by atoms with Crippen molar-refractivity contribution in [1.82, 2.24) is 9.88 Å². The Kier molecular flexibility index (Phi) is 4.31. The van der Waals surface area contributed by atoms with Gasteiger partial charge in [-0.2, -0.15) is 0 Å². The molecule has 1 aliphatic heterocycles. The summed E-state index contributed by atoms with van der Waals surface area (Å²) in [4.78, 5) is 19.2. The highest BCUT2D eigenvalue weighted by Crippen LogP contribution is 2.23. The van der Waals surface area contributed by atoms with Crippen molar-refractivity contribution in [2.24, 2.45) is 5.73 Å². The Morgan fingerprint density at radius 1 is 1.72 bits per heavy atom. The number of carbonyl (C=O) groups excluding carboxylic acids is 1. The van der Waals surface area contributed by atoms with E-state index in [4.69, 9.17) is 10.5 Å². The second kappa shape index (κ2) is 5.77. The lowest BCUT2D eigenvalue weighted by molar-refractivity contribution is 0.0141. The van der Waals surface area contributed by atoms with E-state index in [0.717, 1.165) is 23.4 Å². The molecule has 2 unspecified atom stereocenters. The summed E-state index contributed by atoms with van der Waals surface area (Å²) in [5.41, 5.74) is 8.29. The molecule has 1 saturated heterocycles. The number of hydrogen-bond acceptors (Lipinski definition) is 5. The van der Waals surface area contributed by atoms with Crippen LogP contribution in [-0.2, 0) is 4.74 Å². The highest BCUT2D eigenvalue weighted by Gasteiger charge is 2.32. The van der Waals surface area contributed by atoms with Crippen LogP contribution in [0.3, 0.4) is 0 Å². The molecule has 2 rings (SSSR count). The molecule has 0 aromatic carbocycles. The quantitative estimate of drug-likeness (QED) is 0.890. The van der Waals surface area contributed by atoms with E-state index in [-0.39, 0.29) is 18.1 Å². The predicted octanol–water partition coefficient (Wildman–Crippen LogP) is 1.03. The van der Waals surface area contributed by atoms with Crippen molar-refractivity contribution < 1.29 is 9.53 Å². The number of hydrogen-bond donors (Lipinski definition) is 1. The van der Waals surface area contributed by atoms with E-state index in [0.29, 0.717) is 13.1 Å². The summed E-state index contributed by atoms with van der Waals surface area (Å²) in [5.74, 6) is 0.0556. The van der Waals surface area contributed by atoms with Crippen molar-refractivity contribution in [2.75, 3.05) is 20.2 Å². The van der Waals surface area contributed by atoms with Gasteiger partial charge in [0, 0.05) is 26.2 Å². The van der Waals surface area contributed by atoms with Crippen LogP contribution in [0.15, 0.2) is 5.51 Å². The smallest absolute Gasteiger partial charge is 0.266 e. The fourth-order valence-electron chi connectivity index (χ4n) is 2.36. The molecule has 1 aromatic heterocycles. The number of aryl methyl sites for hydroxylation is 1. The molecule has 1 amide bonds. The van der Waals surface area contributed by atoms with Gasteiger partial charge in [0.1, 0.15) is 4.88 Å². The third-order valence-electron chi connectivity index (χ3n) is 3.47. The predicted molar refractivity (Wildman–Crippen MR) is 70.8 cm³/mol. The number of carbonyl (C=O) groups is 1. The van der Waals surface area contributed by atoms with Crippen LogP contribution in [0.5, 0.6) is 0 Å². The van der Waals surface area contributed by atoms with Crippen LogP contribution in [0.1, 0.15) is 28.2 Å². The Morgan fingerprint density at radius 3 is 3.06 bits per heavy atom. The molecule has 18 heavy (non-hydrogen) atoms. The Balaban J connectivity index is 2.13. The monoisotopic (exact) mass is 269 g/mol. The van der Waals surface area contributed by atoms with Gasteiger partial charge < -0.3 is 15.4 Å². The van der Waals surface area contributed by atoms with Crippen LogP contribution in [0, 0.1) is 6.92 Å². The fraction of sp³-hybridized carbons (Fsp3) is 0.667. The SMILES string of the molecule is COC1CCN(C(=O)c2scnc2C)C(CN)C1. The van der Waals surface area contributed by atoms with Crippen LogP contribution in [0.2, 0.25) is 0 Å². The third kappa shape index (κ3) is 2.55. The Labute approximate surface area is 111 Å². The first-order valence-electron chi connectivity index (χ1n) is 6.11. The first-order valence-corrected chi connectivity index (χ1v) is 6.99. The molecule has 1 aliphatic rings. The molecule has 0 spiro atoms. The molecule has 1 fully saturated rings. The summed E-state index contributed by atoms with van der Waals surface area (Å²) in [7, 11) is 1.71. The van der Waals surface area contributed by atoms with Crippen LogP contribution < -0.4 is 5.73 Å². The van der Waals surface area contributed by atoms with E-state index in [1.54, 1.807) is 12.6 Å². The van der Waals surface area contributed by atoms with Crippen LogP contribution >= 0.6 is 11.3 Å². The summed E-state index contributed by atoms with van der Waals surface area (Å²) >= 11 is 1.40. The zero-order chi connectivity index (χ0) is 13.1. The standard InChI is InChI=1S/C12H19N3O2S/c1-8-11(18-7-14-8)12(16)15-4-3-10(17-2)5-9(15)6-13/h7,9-10H,3-6,13H2,1-2H3. The highest BCUT2D eigenvalue weighted by molar-refractivity contribution is 7.11. The number of amides is 1. The number of likely N-dealkylation sites (tertiary alicyclic amines) is 1. The van der Waals surface area contributed by atoms with Crippen molar-refractivity contribution in [2.45, 2.75) is 31.9 Å². The Bertz CT molecular complexity index is 421. The van der Waals surface area contributed by atoms with Gasteiger partial charge in [-0.15, -0.1) is 11.3 Å². The first kappa shape index (κ1) is 13.5. The zero-order valence-corrected chi connectivity index (χ0v) is 11.6. The molecular weight excluding hydrogens is 250 g/mol. The minimum atomic E-state index is 0.0556. The fourth-order valence-corrected chi connectivity index (χ4v) is 3.11. The van der Waals surface area contributed by atoms with Crippen molar-refractivity contribution in [3.05, 3.63) is 16.1 Å². The molecule has 5 nitrogen and oxygen atoms in total. The zero-order valence-electron chi connectivity index (χ0n) is 10.8.